The van der Waals surface area contributed by atoms with E-state index in [9.17, 15) is 18.4 Å². The van der Waals surface area contributed by atoms with Crippen LogP contribution in [0.2, 0.25) is 25.7 Å². The topological polar surface area (TPSA) is 175 Å². The van der Waals surface area contributed by atoms with Crippen molar-refractivity contribution in [3.8, 4) is 22.8 Å². The first-order valence-corrected chi connectivity index (χ1v) is 24.4. The van der Waals surface area contributed by atoms with Crippen molar-refractivity contribution >= 4 is 64.0 Å². The van der Waals surface area contributed by atoms with Crippen LogP contribution in [0, 0.1) is 11.6 Å². The van der Waals surface area contributed by atoms with Crippen LogP contribution in [0.1, 0.15) is 61.3 Å². The zero-order valence-corrected chi connectivity index (χ0v) is 37.5. The molecule has 0 fully saturated rings. The van der Waals surface area contributed by atoms with E-state index in [1.54, 1.807) is 60.4 Å². The minimum absolute atomic E-state index is 0.0275. The molecule has 6 heterocycles. The number of carbonyl (C=O) groups is 2. The van der Waals surface area contributed by atoms with Gasteiger partial charge in [-0.15, -0.1) is 0 Å². The van der Waals surface area contributed by atoms with Crippen LogP contribution in [0.3, 0.4) is 0 Å². The van der Waals surface area contributed by atoms with Gasteiger partial charge in [0.05, 0.1) is 34.6 Å². The second kappa shape index (κ2) is 17.9. The number of aromatic nitrogens is 10. The average Bonchev–Trinajstić information content (AvgIpc) is 4.00. The molecule has 0 unspecified atom stereocenters. The number of ether oxygens (including phenoxy) is 1. The molecule has 324 valence electrons. The molecular weight excluding hydrogens is 811 g/mol. The van der Waals surface area contributed by atoms with Gasteiger partial charge in [-0.25, -0.2) is 28.7 Å². The summed E-state index contributed by atoms with van der Waals surface area (Å²) in [5, 5.41) is 16.5. The molecule has 15 nitrogen and oxygen atoms in total. The van der Waals surface area contributed by atoms with E-state index in [0.717, 1.165) is 29.7 Å². The number of H-pyrrole nitrogens is 1. The molecule has 2 aromatic carbocycles. The number of carbonyl (C=O) groups excluding carboxylic acids is 2. The average molecular weight is 863 g/mol. The Morgan fingerprint density at radius 1 is 0.790 bits per heavy atom. The molecule has 62 heavy (non-hydrogen) atoms. The normalized spacial score (nSPS) is 12.8. The van der Waals surface area contributed by atoms with E-state index in [1.807, 2.05) is 32.3 Å². The molecule has 0 aliphatic heterocycles. The fourth-order valence-corrected chi connectivity index (χ4v) is 7.55. The van der Waals surface area contributed by atoms with Crippen molar-refractivity contribution in [2.24, 2.45) is 14.1 Å². The molecule has 3 N–H and O–H groups in total. The molecule has 0 aliphatic carbocycles. The van der Waals surface area contributed by atoms with E-state index in [-0.39, 0.29) is 42.3 Å². The van der Waals surface area contributed by atoms with Crippen molar-refractivity contribution in [3.63, 3.8) is 0 Å². The summed E-state index contributed by atoms with van der Waals surface area (Å²) in [7, 11) is 2.30. The molecule has 0 saturated heterocycles. The standard InChI is InChI=1S/C25H33FN6O2Si.C19H19FN6O/c1-7-16(2)28-25(33)19-14-32(15-34-10-11-35(4,5)6)24-23(19)29-20(13-27-24)22-18-9-8-17(26)12-21(18)31(3)30-22;1-4-10(2)23-19(27)13-8-21-18-17(13)24-14(9-22-18)16-12-6-5-11(20)7-15(12)26(3)25-16/h8-9,12-14,16H,7,10-11,15H2,1-6H3,(H,28,33);5-10H,4H2,1-3H3,(H,21,22)(H,23,27)/t16-;10-/m00/s1. The molecule has 2 atom stereocenters. The highest BCUT2D eigenvalue weighted by Gasteiger charge is 2.23. The lowest BCUT2D eigenvalue weighted by molar-refractivity contribution is 0.0889. The molecule has 8 rings (SSSR count). The lowest BCUT2D eigenvalue weighted by atomic mass is 10.1. The summed E-state index contributed by atoms with van der Waals surface area (Å²) >= 11 is 0. The molecule has 0 bridgehead atoms. The van der Waals surface area contributed by atoms with Gasteiger partial charge in [0, 0.05) is 64.0 Å². The Hall–Kier alpha value is -6.40. The first kappa shape index (κ1) is 43.7. The fourth-order valence-electron chi connectivity index (χ4n) is 6.80. The van der Waals surface area contributed by atoms with Crippen LogP contribution < -0.4 is 10.6 Å². The predicted octanol–water partition coefficient (Wildman–Crippen LogP) is 8.14. The van der Waals surface area contributed by atoms with Crippen molar-refractivity contribution < 1.29 is 23.1 Å². The number of benzene rings is 2. The van der Waals surface area contributed by atoms with E-state index >= 15 is 0 Å². The molecule has 0 radical (unpaired) electrons. The van der Waals surface area contributed by atoms with Gasteiger partial charge in [0.1, 0.15) is 52.2 Å². The van der Waals surface area contributed by atoms with Gasteiger partial charge in [-0.05, 0) is 69.1 Å². The van der Waals surface area contributed by atoms with E-state index < -0.39 is 8.07 Å². The van der Waals surface area contributed by atoms with Gasteiger partial charge >= 0.3 is 0 Å². The first-order valence-electron chi connectivity index (χ1n) is 20.7. The lowest BCUT2D eigenvalue weighted by Crippen LogP contribution is -2.31. The fraction of sp³-hybridized carbons (Fsp3) is 0.364. The van der Waals surface area contributed by atoms with Gasteiger partial charge in [0.15, 0.2) is 11.3 Å². The summed E-state index contributed by atoms with van der Waals surface area (Å²) < 4.78 is 38.3. The third-order valence-electron chi connectivity index (χ3n) is 10.8. The van der Waals surface area contributed by atoms with Crippen molar-refractivity contribution in [2.45, 2.75) is 85.0 Å². The predicted molar refractivity (Wildman–Crippen MR) is 239 cm³/mol. The Labute approximate surface area is 358 Å². The van der Waals surface area contributed by atoms with Crippen LogP contribution in [-0.2, 0) is 25.6 Å². The van der Waals surface area contributed by atoms with E-state index in [1.165, 1.54) is 24.3 Å². The van der Waals surface area contributed by atoms with Crippen LogP contribution in [0.25, 0.3) is 66.9 Å². The second-order valence-corrected chi connectivity index (χ2v) is 22.4. The van der Waals surface area contributed by atoms with Gasteiger partial charge in [-0.1, -0.05) is 33.5 Å². The minimum atomic E-state index is -1.21. The molecular formula is C44H52F2N12O3Si. The van der Waals surface area contributed by atoms with E-state index in [0.29, 0.717) is 73.9 Å². The number of halogens is 2. The first-order chi connectivity index (χ1) is 29.5. The maximum atomic E-state index is 13.8. The molecule has 0 spiro atoms. The number of nitrogens with zero attached hydrogens (tertiary/aromatic N) is 9. The summed E-state index contributed by atoms with van der Waals surface area (Å²) in [6.45, 7) is 15.8. The highest BCUT2D eigenvalue weighted by molar-refractivity contribution is 6.76. The number of fused-ring (bicyclic) bond motifs is 4. The maximum Gasteiger partial charge on any atom is 0.255 e. The van der Waals surface area contributed by atoms with Crippen LogP contribution in [-0.4, -0.2) is 87.6 Å². The summed E-state index contributed by atoms with van der Waals surface area (Å²) in [5.74, 6) is -1.06. The molecule has 0 saturated carbocycles. The second-order valence-electron chi connectivity index (χ2n) is 16.8. The van der Waals surface area contributed by atoms with Gasteiger partial charge < -0.3 is 24.9 Å². The largest absolute Gasteiger partial charge is 0.361 e. The quantitative estimate of drug-likeness (QED) is 0.0763. The zero-order chi connectivity index (χ0) is 44.5. The monoisotopic (exact) mass is 862 g/mol. The Balaban J connectivity index is 0.000000192. The molecule has 6 aromatic heterocycles. The van der Waals surface area contributed by atoms with Gasteiger partial charge in [0.2, 0.25) is 0 Å². The molecule has 2 amide bonds. The van der Waals surface area contributed by atoms with Crippen LogP contribution >= 0.6 is 0 Å². The molecule has 18 heteroatoms. The number of rotatable bonds is 13. The summed E-state index contributed by atoms with van der Waals surface area (Å²) in [4.78, 5) is 47.1. The minimum Gasteiger partial charge on any atom is -0.361 e. The number of hydrogen-bond donors (Lipinski definition) is 3. The number of amides is 2. The SMILES string of the molecule is CC[C@H](C)NC(=O)c1c[nH]c2ncc(-c3nn(C)c4cc(F)ccc34)nc12.CC[C@H](C)NC(=O)c1cn(COCC[Si](C)(C)C)c2ncc(-c3nn(C)c4cc(F)ccc34)nc12. The summed E-state index contributed by atoms with van der Waals surface area (Å²) in [6.07, 6.45) is 8.26. The number of aryl methyl sites for hydroxylation is 2. The highest BCUT2D eigenvalue weighted by Crippen LogP contribution is 2.30. The van der Waals surface area contributed by atoms with Crippen LogP contribution in [0.15, 0.2) is 61.2 Å². The highest BCUT2D eigenvalue weighted by atomic mass is 28.3. The Morgan fingerprint density at radius 3 is 1.87 bits per heavy atom. The Bertz CT molecular complexity index is 2930. The van der Waals surface area contributed by atoms with E-state index in [2.05, 4.69) is 60.4 Å². The third-order valence-corrected chi connectivity index (χ3v) is 12.5. The molecule has 8 aromatic rings. The van der Waals surface area contributed by atoms with Crippen molar-refractivity contribution in [1.29, 1.82) is 0 Å². The lowest BCUT2D eigenvalue weighted by Gasteiger charge is -2.15. The van der Waals surface area contributed by atoms with Gasteiger partial charge in [0.25, 0.3) is 11.8 Å². The number of nitrogens with one attached hydrogen (secondary N) is 3. The third kappa shape index (κ3) is 9.25. The summed E-state index contributed by atoms with van der Waals surface area (Å²) in [5.41, 5.74) is 6.48. The van der Waals surface area contributed by atoms with Gasteiger partial charge in [-0.3, -0.25) is 19.0 Å². The van der Waals surface area contributed by atoms with Gasteiger partial charge in [-0.2, -0.15) is 10.2 Å². The number of hydrogen-bond acceptors (Lipinski definition) is 9. The Kier molecular flexibility index (Phi) is 12.6. The number of aromatic amines is 1. The van der Waals surface area contributed by atoms with Crippen LogP contribution in [0.5, 0.6) is 0 Å². The maximum absolute atomic E-state index is 13.8. The Morgan fingerprint density at radius 2 is 1.32 bits per heavy atom. The van der Waals surface area contributed by atoms with E-state index in [4.69, 9.17) is 9.72 Å². The summed E-state index contributed by atoms with van der Waals surface area (Å²) in [6, 6.07) is 10.2. The van der Waals surface area contributed by atoms with Crippen molar-refractivity contribution in [1.82, 2.24) is 59.7 Å². The van der Waals surface area contributed by atoms with Crippen molar-refractivity contribution in [3.05, 3.63) is 83.9 Å². The smallest absolute Gasteiger partial charge is 0.255 e. The van der Waals surface area contributed by atoms with Crippen LogP contribution in [0.4, 0.5) is 8.78 Å². The van der Waals surface area contributed by atoms with Crippen molar-refractivity contribution in [2.75, 3.05) is 6.61 Å². The molecule has 0 aliphatic rings. The zero-order valence-electron chi connectivity index (χ0n) is 36.5.